The Kier molecular flexibility index (Phi) is 9.29. The van der Waals surface area contributed by atoms with Crippen LogP contribution in [0.4, 0.5) is 11.5 Å². The molecule has 0 aliphatic carbocycles. The number of carbonyl (C=O) groups excluding carboxylic acids is 2. The number of amides is 2. The van der Waals surface area contributed by atoms with Crippen molar-refractivity contribution in [3.63, 3.8) is 0 Å². The first-order valence-electron chi connectivity index (χ1n) is 13.5. The Morgan fingerprint density at radius 2 is 2.08 bits per heavy atom. The van der Waals surface area contributed by atoms with Crippen LogP contribution in [0, 0.1) is 6.92 Å². The zero-order valence-electron chi connectivity index (χ0n) is 23.4. The third kappa shape index (κ3) is 6.55. The summed E-state index contributed by atoms with van der Waals surface area (Å²) >= 11 is 0. The first kappa shape index (κ1) is 28.5. The fourth-order valence-electron chi connectivity index (χ4n) is 4.56. The van der Waals surface area contributed by atoms with Crippen molar-refractivity contribution in [1.82, 2.24) is 14.9 Å². The molecule has 0 radical (unpaired) electrons. The average molecular weight is 541 g/mol. The van der Waals surface area contributed by atoms with Gasteiger partial charge in [-0.15, -0.1) is 0 Å². The number of furan rings is 1. The van der Waals surface area contributed by atoms with Gasteiger partial charge in [0.2, 0.25) is 11.8 Å². The van der Waals surface area contributed by atoms with Gasteiger partial charge in [-0.2, -0.15) is 0 Å². The molecule has 0 bridgehead atoms. The van der Waals surface area contributed by atoms with Crippen molar-refractivity contribution in [2.75, 3.05) is 17.7 Å². The van der Waals surface area contributed by atoms with Crippen molar-refractivity contribution in [1.29, 1.82) is 0 Å². The van der Waals surface area contributed by atoms with Gasteiger partial charge < -0.3 is 25.7 Å². The molecular formula is C31H36N6O3. The molecular weight excluding hydrogens is 504 g/mol. The Morgan fingerprint density at radius 1 is 1.25 bits per heavy atom. The summed E-state index contributed by atoms with van der Waals surface area (Å²) in [7, 11) is 1.75. The highest BCUT2D eigenvalue weighted by Gasteiger charge is 2.21. The van der Waals surface area contributed by atoms with E-state index < -0.39 is 6.04 Å². The molecule has 4 heterocycles. The SMILES string of the molecule is CC.Cc1c(CN(C)C(=O)/C=C/c2cnc3c(c2)CC[C@H](N)C(=O)N3)oc2cccc(CNc3cccnc3)c12. The number of benzene rings is 1. The summed E-state index contributed by atoms with van der Waals surface area (Å²) in [5.74, 6) is 0.887. The lowest BCUT2D eigenvalue weighted by Gasteiger charge is -2.14. The predicted octanol–water partition coefficient (Wildman–Crippen LogP) is 5.05. The third-order valence-corrected chi connectivity index (χ3v) is 6.75. The van der Waals surface area contributed by atoms with Gasteiger partial charge >= 0.3 is 0 Å². The van der Waals surface area contributed by atoms with Crippen LogP contribution in [0.25, 0.3) is 17.0 Å². The van der Waals surface area contributed by atoms with Gasteiger partial charge in [0, 0.05) is 49.2 Å². The van der Waals surface area contributed by atoms with Crippen molar-refractivity contribution < 1.29 is 14.0 Å². The maximum absolute atomic E-state index is 12.9. The van der Waals surface area contributed by atoms with Gasteiger partial charge in [-0.1, -0.05) is 26.0 Å². The monoisotopic (exact) mass is 540 g/mol. The van der Waals surface area contributed by atoms with Gasteiger partial charge in [-0.05, 0) is 66.8 Å². The molecule has 4 N–H and O–H groups in total. The molecule has 208 valence electrons. The van der Waals surface area contributed by atoms with Gasteiger partial charge in [-0.3, -0.25) is 14.6 Å². The molecule has 1 aliphatic heterocycles. The topological polar surface area (TPSA) is 126 Å². The lowest BCUT2D eigenvalue weighted by atomic mass is 10.1. The number of hydrogen-bond acceptors (Lipinski definition) is 7. The number of nitrogens with one attached hydrogen (secondary N) is 2. The Morgan fingerprint density at radius 3 is 2.85 bits per heavy atom. The van der Waals surface area contributed by atoms with E-state index in [1.807, 2.05) is 51.1 Å². The van der Waals surface area contributed by atoms with Crippen LogP contribution in [-0.4, -0.2) is 39.8 Å². The highest BCUT2D eigenvalue weighted by molar-refractivity contribution is 5.95. The third-order valence-electron chi connectivity index (χ3n) is 6.75. The fourth-order valence-corrected chi connectivity index (χ4v) is 4.56. The highest BCUT2D eigenvalue weighted by atomic mass is 16.3. The Hall–Kier alpha value is -4.50. The second-order valence-electron chi connectivity index (χ2n) is 9.47. The molecule has 0 unspecified atom stereocenters. The molecule has 1 aromatic carbocycles. The first-order chi connectivity index (χ1) is 19.4. The van der Waals surface area contributed by atoms with E-state index >= 15 is 0 Å². The van der Waals surface area contributed by atoms with Crippen LogP contribution in [0.1, 0.15) is 48.3 Å². The number of nitrogens with two attached hydrogens (primary N) is 1. The van der Waals surface area contributed by atoms with Gasteiger partial charge in [-0.25, -0.2) is 4.98 Å². The zero-order chi connectivity index (χ0) is 28.6. The maximum atomic E-state index is 12.9. The van der Waals surface area contributed by atoms with Crippen molar-refractivity contribution in [3.05, 3.63) is 89.1 Å². The first-order valence-corrected chi connectivity index (χ1v) is 13.5. The largest absolute Gasteiger partial charge is 0.459 e. The number of carbonyl (C=O) groups is 2. The lowest BCUT2D eigenvalue weighted by molar-refractivity contribution is -0.125. The number of aromatic nitrogens is 2. The van der Waals surface area contributed by atoms with Gasteiger partial charge in [0.05, 0.1) is 18.3 Å². The molecule has 0 spiro atoms. The van der Waals surface area contributed by atoms with Crippen LogP contribution in [0.3, 0.4) is 0 Å². The number of anilines is 2. The second-order valence-corrected chi connectivity index (χ2v) is 9.47. The smallest absolute Gasteiger partial charge is 0.246 e. The number of aryl methyl sites for hydroxylation is 2. The molecule has 40 heavy (non-hydrogen) atoms. The van der Waals surface area contributed by atoms with Crippen molar-refractivity contribution in [2.24, 2.45) is 5.73 Å². The maximum Gasteiger partial charge on any atom is 0.246 e. The summed E-state index contributed by atoms with van der Waals surface area (Å²) in [6, 6.07) is 11.2. The molecule has 1 aliphatic rings. The Labute approximate surface area is 234 Å². The molecule has 2 amide bonds. The number of nitrogens with zero attached hydrogens (tertiary/aromatic N) is 3. The lowest BCUT2D eigenvalue weighted by Crippen LogP contribution is -2.34. The van der Waals surface area contributed by atoms with Crippen LogP contribution in [0.5, 0.6) is 0 Å². The molecule has 1 atom stereocenters. The van der Waals surface area contributed by atoms with Crippen LogP contribution >= 0.6 is 0 Å². The van der Waals surface area contributed by atoms with E-state index in [0.29, 0.717) is 31.7 Å². The molecule has 0 fully saturated rings. The van der Waals surface area contributed by atoms with Crippen molar-refractivity contribution >= 4 is 40.4 Å². The molecule has 5 rings (SSSR count). The second kappa shape index (κ2) is 13.0. The Balaban J connectivity index is 0.00000181. The molecule has 3 aromatic heterocycles. The molecule has 4 aromatic rings. The highest BCUT2D eigenvalue weighted by Crippen LogP contribution is 2.30. The van der Waals surface area contributed by atoms with E-state index in [4.69, 9.17) is 10.2 Å². The van der Waals surface area contributed by atoms with Crippen LogP contribution in [0.15, 0.2) is 65.5 Å². The summed E-state index contributed by atoms with van der Waals surface area (Å²) in [6.45, 7) is 6.99. The number of pyridine rings is 2. The van der Waals surface area contributed by atoms with Gasteiger partial charge in [0.25, 0.3) is 0 Å². The summed E-state index contributed by atoms with van der Waals surface area (Å²) < 4.78 is 6.15. The van der Waals surface area contributed by atoms with Crippen LogP contribution < -0.4 is 16.4 Å². The van der Waals surface area contributed by atoms with Crippen LogP contribution in [-0.2, 0) is 29.1 Å². The average Bonchev–Trinajstić information content (AvgIpc) is 3.22. The molecule has 0 saturated heterocycles. The van der Waals surface area contributed by atoms with E-state index in [1.54, 1.807) is 36.6 Å². The van der Waals surface area contributed by atoms with Crippen molar-refractivity contribution in [3.8, 4) is 0 Å². The van der Waals surface area contributed by atoms with Crippen LogP contribution in [0.2, 0.25) is 0 Å². The van der Waals surface area contributed by atoms with Gasteiger partial charge in [0.15, 0.2) is 0 Å². The van der Waals surface area contributed by atoms with Crippen molar-refractivity contribution in [2.45, 2.75) is 52.7 Å². The summed E-state index contributed by atoms with van der Waals surface area (Å²) in [5, 5.41) is 7.21. The molecule has 9 nitrogen and oxygen atoms in total. The number of hydrogen-bond donors (Lipinski definition) is 3. The normalized spacial score (nSPS) is 14.6. The van der Waals surface area contributed by atoms with Gasteiger partial charge in [0.1, 0.15) is 17.2 Å². The number of likely N-dealkylation sites (N-methyl/N-ethyl adjacent to an activating group) is 1. The number of fused-ring (bicyclic) bond motifs is 2. The minimum absolute atomic E-state index is 0.159. The zero-order valence-corrected chi connectivity index (χ0v) is 23.4. The van der Waals surface area contributed by atoms with E-state index in [9.17, 15) is 9.59 Å². The van der Waals surface area contributed by atoms with E-state index in [1.165, 1.54) is 6.08 Å². The standard InChI is InChI=1S/C29H30N6O3.C2H6/c1-18-25(38-24-7-3-5-21(27(18)24)15-32-22-6-4-12-31-16-22)17-35(2)26(36)11-8-19-13-20-9-10-23(30)29(37)34-28(20)33-14-19;1-2/h3-8,11-14,16,23,32H,9-10,15,17,30H2,1-2H3,(H,33,34,37);1-2H3/b11-8+;/t23-;/m0./s1. The quantitative estimate of drug-likeness (QED) is 0.280. The summed E-state index contributed by atoms with van der Waals surface area (Å²) in [5.41, 5.74) is 11.4. The van der Waals surface area contributed by atoms with E-state index in [0.717, 1.165) is 44.7 Å². The fraction of sp³-hybridized carbons (Fsp3) is 0.290. The summed E-state index contributed by atoms with van der Waals surface area (Å²) in [6.07, 6.45) is 9.60. The van der Waals surface area contributed by atoms with E-state index in [-0.39, 0.29) is 11.8 Å². The van der Waals surface area contributed by atoms with E-state index in [2.05, 4.69) is 26.7 Å². The molecule has 0 saturated carbocycles. The predicted molar refractivity (Wildman–Crippen MR) is 159 cm³/mol. The minimum Gasteiger partial charge on any atom is -0.459 e. The molecule has 9 heteroatoms. The summed E-state index contributed by atoms with van der Waals surface area (Å²) in [4.78, 5) is 34.9. The minimum atomic E-state index is -0.548. The Bertz CT molecular complexity index is 1510. The number of rotatable bonds is 7.